The first-order valence-corrected chi connectivity index (χ1v) is 8.66. The Balaban J connectivity index is 2.23. The highest BCUT2D eigenvalue weighted by molar-refractivity contribution is 9.11. The standard InChI is InChI=1S/C11H10BrN3O4S2/c12-11-4-1-7(20-11)6-14-21(18,19)8-2-3-9(13)10(5-8)15(16)17/h1-5,14H,6,13H2. The minimum atomic E-state index is -3.84. The van der Waals surface area contributed by atoms with Gasteiger partial charge in [0.15, 0.2) is 0 Å². The first kappa shape index (κ1) is 15.9. The first-order chi connectivity index (χ1) is 9.79. The number of nitrogens with two attached hydrogens (primary N) is 1. The number of nitrogen functional groups attached to an aromatic ring is 1. The van der Waals surface area contributed by atoms with Gasteiger partial charge in [-0.1, -0.05) is 0 Å². The Bertz CT molecular complexity index is 789. The summed E-state index contributed by atoms with van der Waals surface area (Å²) in [5.41, 5.74) is 4.93. The molecular weight excluding hydrogens is 382 g/mol. The molecular formula is C11H10BrN3O4S2. The highest BCUT2D eigenvalue weighted by Gasteiger charge is 2.20. The second-order valence-corrected chi connectivity index (χ2v) is 8.32. The van der Waals surface area contributed by atoms with Crippen molar-refractivity contribution >= 4 is 48.7 Å². The summed E-state index contributed by atoms with van der Waals surface area (Å²) in [4.78, 5) is 10.7. The van der Waals surface area contributed by atoms with Crippen molar-refractivity contribution in [2.24, 2.45) is 0 Å². The van der Waals surface area contributed by atoms with E-state index < -0.39 is 20.6 Å². The molecule has 0 atom stereocenters. The fourth-order valence-electron chi connectivity index (χ4n) is 1.54. The van der Waals surface area contributed by atoms with Crippen molar-refractivity contribution < 1.29 is 13.3 Å². The predicted octanol–water partition coefficient (Wildman–Crippen LogP) is 2.48. The van der Waals surface area contributed by atoms with Gasteiger partial charge in [-0.25, -0.2) is 13.1 Å². The van der Waals surface area contributed by atoms with Crippen molar-refractivity contribution in [2.45, 2.75) is 11.4 Å². The van der Waals surface area contributed by atoms with Crippen LogP contribution in [0.4, 0.5) is 11.4 Å². The van der Waals surface area contributed by atoms with Crippen molar-refractivity contribution in [1.82, 2.24) is 4.72 Å². The van der Waals surface area contributed by atoms with E-state index in [4.69, 9.17) is 5.73 Å². The number of thiophene rings is 1. The maximum Gasteiger partial charge on any atom is 0.293 e. The van der Waals surface area contributed by atoms with E-state index in [1.165, 1.54) is 23.5 Å². The number of sulfonamides is 1. The third kappa shape index (κ3) is 3.79. The van der Waals surface area contributed by atoms with E-state index >= 15 is 0 Å². The molecule has 0 bridgehead atoms. The SMILES string of the molecule is Nc1ccc(S(=O)(=O)NCc2ccc(Br)s2)cc1[N+](=O)[O-]. The number of rotatable bonds is 5. The summed E-state index contributed by atoms with van der Waals surface area (Å²) >= 11 is 4.68. The average Bonchev–Trinajstić information content (AvgIpc) is 2.82. The molecule has 112 valence electrons. The highest BCUT2D eigenvalue weighted by atomic mass is 79.9. The van der Waals surface area contributed by atoms with Crippen molar-refractivity contribution in [2.75, 3.05) is 5.73 Å². The van der Waals surface area contributed by atoms with Gasteiger partial charge in [-0.3, -0.25) is 10.1 Å². The number of anilines is 1. The average molecular weight is 392 g/mol. The number of nitro groups is 1. The summed E-state index contributed by atoms with van der Waals surface area (Å²) in [7, 11) is -3.84. The molecule has 0 aliphatic carbocycles. The summed E-state index contributed by atoms with van der Waals surface area (Å²) in [6, 6.07) is 6.97. The second kappa shape index (κ2) is 6.10. The molecule has 0 aliphatic rings. The summed E-state index contributed by atoms with van der Waals surface area (Å²) < 4.78 is 27.5. The van der Waals surface area contributed by atoms with E-state index in [2.05, 4.69) is 20.7 Å². The molecule has 0 saturated carbocycles. The number of nitrogens with zero attached hydrogens (tertiary/aromatic N) is 1. The molecule has 1 aromatic heterocycles. The molecule has 2 rings (SSSR count). The van der Waals surface area contributed by atoms with Crippen LogP contribution in [0, 0.1) is 10.1 Å². The van der Waals surface area contributed by atoms with E-state index in [1.54, 1.807) is 6.07 Å². The van der Waals surface area contributed by atoms with E-state index in [0.29, 0.717) is 0 Å². The molecule has 0 spiro atoms. The van der Waals surface area contributed by atoms with Gasteiger partial charge in [-0.15, -0.1) is 11.3 Å². The van der Waals surface area contributed by atoms with E-state index in [1.807, 2.05) is 6.07 Å². The van der Waals surface area contributed by atoms with Crippen molar-refractivity contribution in [3.63, 3.8) is 0 Å². The lowest BCUT2D eigenvalue weighted by Crippen LogP contribution is -2.23. The van der Waals surface area contributed by atoms with Gasteiger partial charge < -0.3 is 5.73 Å². The minimum Gasteiger partial charge on any atom is -0.393 e. The lowest BCUT2D eigenvalue weighted by atomic mass is 10.3. The molecule has 3 N–H and O–H groups in total. The van der Waals surface area contributed by atoms with E-state index in [-0.39, 0.29) is 17.1 Å². The smallest absolute Gasteiger partial charge is 0.293 e. The number of hydrogen-bond acceptors (Lipinski definition) is 6. The molecule has 0 aliphatic heterocycles. The van der Waals surface area contributed by atoms with Crippen LogP contribution in [-0.4, -0.2) is 13.3 Å². The Morgan fingerprint density at radius 1 is 1.33 bits per heavy atom. The third-order valence-electron chi connectivity index (χ3n) is 2.57. The third-order valence-corrected chi connectivity index (χ3v) is 5.60. The Hall–Kier alpha value is -1.49. The van der Waals surface area contributed by atoms with Gasteiger partial charge in [0, 0.05) is 17.5 Å². The number of hydrogen-bond donors (Lipinski definition) is 2. The van der Waals surface area contributed by atoms with Gasteiger partial charge >= 0.3 is 0 Å². The molecule has 0 saturated heterocycles. The zero-order valence-corrected chi connectivity index (χ0v) is 13.7. The molecule has 0 unspecified atom stereocenters. The summed E-state index contributed by atoms with van der Waals surface area (Å²) in [6.07, 6.45) is 0. The summed E-state index contributed by atoms with van der Waals surface area (Å²) in [5.74, 6) is 0. The normalized spacial score (nSPS) is 11.5. The van der Waals surface area contributed by atoms with Crippen LogP contribution in [0.5, 0.6) is 0 Å². The lowest BCUT2D eigenvalue weighted by Gasteiger charge is -2.06. The Labute approximate surface area is 133 Å². The van der Waals surface area contributed by atoms with Gasteiger partial charge in [0.1, 0.15) is 5.69 Å². The van der Waals surface area contributed by atoms with Crippen LogP contribution in [0.25, 0.3) is 0 Å². The molecule has 7 nitrogen and oxygen atoms in total. The van der Waals surface area contributed by atoms with Crippen LogP contribution in [0.3, 0.4) is 0 Å². The fraction of sp³-hybridized carbons (Fsp3) is 0.0909. The van der Waals surface area contributed by atoms with Crippen LogP contribution in [-0.2, 0) is 16.6 Å². The topological polar surface area (TPSA) is 115 Å². The van der Waals surface area contributed by atoms with Gasteiger partial charge in [0.05, 0.1) is 13.6 Å². The first-order valence-electron chi connectivity index (χ1n) is 5.57. The number of nitro benzene ring substituents is 1. The summed E-state index contributed by atoms with van der Waals surface area (Å²) in [6.45, 7) is 0.108. The van der Waals surface area contributed by atoms with Crippen LogP contribution in [0.2, 0.25) is 0 Å². The zero-order chi connectivity index (χ0) is 15.6. The minimum absolute atomic E-state index is 0.0823. The second-order valence-electron chi connectivity index (χ2n) is 4.01. The maximum absolute atomic E-state index is 12.1. The maximum atomic E-state index is 12.1. The molecule has 0 amide bonds. The zero-order valence-electron chi connectivity index (χ0n) is 10.4. The largest absolute Gasteiger partial charge is 0.393 e. The van der Waals surface area contributed by atoms with Crippen molar-refractivity contribution in [3.8, 4) is 0 Å². The fourth-order valence-corrected chi connectivity index (χ4v) is 4.09. The van der Waals surface area contributed by atoms with Crippen LogP contribution in [0.1, 0.15) is 4.88 Å². The Morgan fingerprint density at radius 2 is 2.05 bits per heavy atom. The quantitative estimate of drug-likeness (QED) is 0.461. The monoisotopic (exact) mass is 391 g/mol. The van der Waals surface area contributed by atoms with Crippen LogP contribution < -0.4 is 10.5 Å². The molecule has 0 fully saturated rings. The lowest BCUT2D eigenvalue weighted by molar-refractivity contribution is -0.384. The Morgan fingerprint density at radius 3 is 2.62 bits per heavy atom. The van der Waals surface area contributed by atoms with E-state index in [0.717, 1.165) is 14.7 Å². The predicted molar refractivity (Wildman–Crippen MR) is 83.6 cm³/mol. The molecule has 2 aromatic rings. The molecule has 21 heavy (non-hydrogen) atoms. The van der Waals surface area contributed by atoms with Gasteiger partial charge in [0.25, 0.3) is 5.69 Å². The number of halogens is 1. The van der Waals surface area contributed by atoms with Crippen molar-refractivity contribution in [1.29, 1.82) is 0 Å². The molecule has 1 heterocycles. The number of benzene rings is 1. The van der Waals surface area contributed by atoms with Gasteiger partial charge in [0.2, 0.25) is 10.0 Å². The van der Waals surface area contributed by atoms with Gasteiger partial charge in [-0.05, 0) is 40.2 Å². The summed E-state index contributed by atoms with van der Waals surface area (Å²) in [5, 5.41) is 10.8. The molecule has 1 aromatic carbocycles. The van der Waals surface area contributed by atoms with Gasteiger partial charge in [-0.2, -0.15) is 0 Å². The Kier molecular flexibility index (Phi) is 4.61. The van der Waals surface area contributed by atoms with Crippen LogP contribution >= 0.6 is 27.3 Å². The highest BCUT2D eigenvalue weighted by Crippen LogP contribution is 2.25. The van der Waals surface area contributed by atoms with Crippen LogP contribution in [0.15, 0.2) is 39.0 Å². The van der Waals surface area contributed by atoms with E-state index in [9.17, 15) is 18.5 Å². The number of nitrogens with one attached hydrogen (secondary N) is 1. The molecule has 10 heteroatoms. The molecule has 0 radical (unpaired) electrons. The van der Waals surface area contributed by atoms with Crippen molar-refractivity contribution in [3.05, 3.63) is 49.1 Å².